The summed E-state index contributed by atoms with van der Waals surface area (Å²) in [5.74, 6) is 2.16. The zero-order valence-electron chi connectivity index (χ0n) is 13.7. The first kappa shape index (κ1) is 15.7. The van der Waals surface area contributed by atoms with E-state index in [4.69, 9.17) is 14.2 Å². The van der Waals surface area contributed by atoms with Crippen molar-refractivity contribution >= 4 is 11.7 Å². The predicted molar refractivity (Wildman–Crippen MR) is 91.0 cm³/mol. The Labute approximate surface area is 145 Å². The van der Waals surface area contributed by atoms with Crippen LogP contribution >= 0.6 is 0 Å². The average molecular weight is 341 g/mol. The van der Waals surface area contributed by atoms with Gasteiger partial charge in [0, 0.05) is 25.8 Å². The summed E-state index contributed by atoms with van der Waals surface area (Å²) in [5, 5.41) is 2.90. The van der Waals surface area contributed by atoms with Crippen molar-refractivity contribution in [1.29, 1.82) is 0 Å². The Bertz CT molecular complexity index is 757. The highest BCUT2D eigenvalue weighted by molar-refractivity contribution is 5.94. The number of ether oxygens (including phenoxy) is 3. The van der Waals surface area contributed by atoms with E-state index in [1.165, 1.54) is 0 Å². The lowest BCUT2D eigenvalue weighted by Gasteiger charge is -2.27. The number of anilines is 1. The van der Waals surface area contributed by atoms with Gasteiger partial charge in [-0.3, -0.25) is 4.79 Å². The van der Waals surface area contributed by atoms with Crippen LogP contribution in [0.5, 0.6) is 11.5 Å². The van der Waals surface area contributed by atoms with E-state index < -0.39 is 0 Å². The van der Waals surface area contributed by atoms with Gasteiger partial charge < -0.3 is 24.4 Å². The second-order valence-electron chi connectivity index (χ2n) is 5.87. The Morgan fingerprint density at radius 1 is 1.12 bits per heavy atom. The summed E-state index contributed by atoms with van der Waals surface area (Å²) in [5.41, 5.74) is 1.49. The number of aromatic nitrogens is 1. The minimum absolute atomic E-state index is 0.154. The van der Waals surface area contributed by atoms with E-state index >= 15 is 0 Å². The molecular formula is C18H19N3O4. The number of benzene rings is 1. The van der Waals surface area contributed by atoms with Gasteiger partial charge in [0.1, 0.15) is 5.82 Å². The average Bonchev–Trinajstić information content (AvgIpc) is 3.15. The van der Waals surface area contributed by atoms with Gasteiger partial charge in [-0.05, 0) is 29.8 Å². The maximum absolute atomic E-state index is 12.3. The molecule has 130 valence electrons. The van der Waals surface area contributed by atoms with Crippen LogP contribution in [0.4, 0.5) is 5.82 Å². The van der Waals surface area contributed by atoms with Crippen molar-refractivity contribution in [2.75, 3.05) is 38.0 Å². The highest BCUT2D eigenvalue weighted by Crippen LogP contribution is 2.32. The molecule has 1 aromatic heterocycles. The van der Waals surface area contributed by atoms with Gasteiger partial charge in [-0.25, -0.2) is 4.98 Å². The summed E-state index contributed by atoms with van der Waals surface area (Å²) in [4.78, 5) is 18.8. The fourth-order valence-electron chi connectivity index (χ4n) is 2.84. The van der Waals surface area contributed by atoms with E-state index in [9.17, 15) is 4.79 Å². The molecule has 0 saturated carbocycles. The van der Waals surface area contributed by atoms with Crippen LogP contribution in [0.1, 0.15) is 15.9 Å². The third-order valence-electron chi connectivity index (χ3n) is 4.24. The molecule has 0 spiro atoms. The zero-order chi connectivity index (χ0) is 17.1. The van der Waals surface area contributed by atoms with Crippen molar-refractivity contribution in [3.63, 3.8) is 0 Å². The maximum Gasteiger partial charge on any atom is 0.253 e. The van der Waals surface area contributed by atoms with Crippen LogP contribution in [0, 0.1) is 0 Å². The smallest absolute Gasteiger partial charge is 0.253 e. The summed E-state index contributed by atoms with van der Waals surface area (Å²) in [6.45, 7) is 3.72. The standard InChI is InChI=1S/C18H19N3O4/c22-18(20-10-13-1-3-15-16(9-13)25-12-24-15)14-2-4-17(19-11-14)21-5-7-23-8-6-21/h1-4,9,11H,5-8,10,12H2,(H,20,22). The highest BCUT2D eigenvalue weighted by Gasteiger charge is 2.15. The van der Waals surface area contributed by atoms with Gasteiger partial charge in [0.05, 0.1) is 18.8 Å². The quantitative estimate of drug-likeness (QED) is 0.910. The topological polar surface area (TPSA) is 72.9 Å². The number of nitrogens with one attached hydrogen (secondary N) is 1. The molecule has 4 rings (SSSR count). The van der Waals surface area contributed by atoms with Gasteiger partial charge in [0.2, 0.25) is 6.79 Å². The second kappa shape index (κ2) is 6.98. The number of carbonyl (C=O) groups excluding carboxylic acids is 1. The lowest BCUT2D eigenvalue weighted by Crippen LogP contribution is -2.36. The lowest BCUT2D eigenvalue weighted by molar-refractivity contribution is 0.0950. The third-order valence-corrected chi connectivity index (χ3v) is 4.24. The molecule has 2 aliphatic rings. The zero-order valence-corrected chi connectivity index (χ0v) is 13.7. The molecule has 3 heterocycles. The molecule has 2 aliphatic heterocycles. The van der Waals surface area contributed by atoms with Crippen molar-refractivity contribution in [1.82, 2.24) is 10.3 Å². The number of morpholine rings is 1. The summed E-state index contributed by atoms with van der Waals surface area (Å²) in [6.07, 6.45) is 1.61. The number of hydrogen-bond donors (Lipinski definition) is 1. The second-order valence-corrected chi connectivity index (χ2v) is 5.87. The van der Waals surface area contributed by atoms with E-state index in [2.05, 4.69) is 15.2 Å². The lowest BCUT2D eigenvalue weighted by atomic mass is 10.2. The van der Waals surface area contributed by atoms with Crippen LogP contribution < -0.4 is 19.7 Å². The summed E-state index contributed by atoms with van der Waals surface area (Å²) >= 11 is 0. The number of pyridine rings is 1. The Morgan fingerprint density at radius 3 is 2.76 bits per heavy atom. The molecule has 0 radical (unpaired) electrons. The Balaban J connectivity index is 1.36. The summed E-state index contributed by atoms with van der Waals surface area (Å²) < 4.78 is 16.0. The van der Waals surface area contributed by atoms with Gasteiger partial charge >= 0.3 is 0 Å². The third kappa shape index (κ3) is 3.51. The molecule has 0 bridgehead atoms. The number of hydrogen-bond acceptors (Lipinski definition) is 6. The monoisotopic (exact) mass is 341 g/mol. The number of amides is 1. The first-order valence-electron chi connectivity index (χ1n) is 8.25. The van der Waals surface area contributed by atoms with Crippen molar-refractivity contribution in [3.8, 4) is 11.5 Å². The molecule has 0 unspecified atom stereocenters. The number of nitrogens with zero attached hydrogens (tertiary/aromatic N) is 2. The van der Waals surface area contributed by atoms with Gasteiger partial charge in [0.15, 0.2) is 11.5 Å². The largest absolute Gasteiger partial charge is 0.454 e. The first-order chi connectivity index (χ1) is 12.3. The van der Waals surface area contributed by atoms with E-state index in [1.54, 1.807) is 12.3 Å². The van der Waals surface area contributed by atoms with E-state index in [0.29, 0.717) is 31.1 Å². The van der Waals surface area contributed by atoms with Crippen LogP contribution in [-0.4, -0.2) is 44.0 Å². The molecule has 1 N–H and O–H groups in total. The molecule has 0 atom stereocenters. The SMILES string of the molecule is O=C(NCc1ccc2c(c1)OCO2)c1ccc(N2CCOCC2)nc1. The number of rotatable bonds is 4. The Hall–Kier alpha value is -2.80. The molecule has 2 aromatic rings. The predicted octanol–water partition coefficient (Wildman–Crippen LogP) is 1.58. The first-order valence-corrected chi connectivity index (χ1v) is 8.25. The molecule has 1 fully saturated rings. The van der Waals surface area contributed by atoms with Crippen LogP contribution in [-0.2, 0) is 11.3 Å². The minimum atomic E-state index is -0.154. The van der Waals surface area contributed by atoms with Crippen molar-refractivity contribution in [2.24, 2.45) is 0 Å². The van der Waals surface area contributed by atoms with E-state index in [1.807, 2.05) is 24.3 Å². The van der Waals surface area contributed by atoms with E-state index in [-0.39, 0.29) is 12.7 Å². The Kier molecular flexibility index (Phi) is 4.39. The molecule has 1 aromatic carbocycles. The van der Waals surface area contributed by atoms with Gasteiger partial charge in [0.25, 0.3) is 5.91 Å². The molecule has 1 amide bonds. The molecule has 7 nitrogen and oxygen atoms in total. The van der Waals surface area contributed by atoms with Crippen molar-refractivity contribution in [2.45, 2.75) is 6.54 Å². The van der Waals surface area contributed by atoms with Crippen LogP contribution in [0.25, 0.3) is 0 Å². The molecule has 1 saturated heterocycles. The van der Waals surface area contributed by atoms with Gasteiger partial charge in [-0.1, -0.05) is 6.07 Å². The number of carbonyl (C=O) groups is 1. The van der Waals surface area contributed by atoms with Gasteiger partial charge in [-0.15, -0.1) is 0 Å². The van der Waals surface area contributed by atoms with Crippen LogP contribution in [0.2, 0.25) is 0 Å². The molecule has 25 heavy (non-hydrogen) atoms. The molecule has 0 aliphatic carbocycles. The van der Waals surface area contributed by atoms with Crippen LogP contribution in [0.15, 0.2) is 36.5 Å². The summed E-state index contributed by atoms with van der Waals surface area (Å²) in [7, 11) is 0. The van der Waals surface area contributed by atoms with Crippen molar-refractivity contribution in [3.05, 3.63) is 47.7 Å². The van der Waals surface area contributed by atoms with Crippen LogP contribution in [0.3, 0.4) is 0 Å². The highest BCUT2D eigenvalue weighted by atomic mass is 16.7. The Morgan fingerprint density at radius 2 is 1.96 bits per heavy atom. The van der Waals surface area contributed by atoms with Crippen molar-refractivity contribution < 1.29 is 19.0 Å². The number of fused-ring (bicyclic) bond motifs is 1. The summed E-state index contributed by atoms with van der Waals surface area (Å²) in [6, 6.07) is 9.31. The minimum Gasteiger partial charge on any atom is -0.454 e. The molecular weight excluding hydrogens is 322 g/mol. The van der Waals surface area contributed by atoms with Gasteiger partial charge in [-0.2, -0.15) is 0 Å². The molecule has 7 heteroatoms. The van der Waals surface area contributed by atoms with E-state index in [0.717, 1.165) is 30.2 Å². The fourth-order valence-corrected chi connectivity index (χ4v) is 2.84. The maximum atomic E-state index is 12.3. The normalized spacial score (nSPS) is 15.9. The fraction of sp³-hybridized carbons (Fsp3) is 0.333.